The molecule has 0 saturated heterocycles. The minimum absolute atomic E-state index is 0.146. The Kier molecular flexibility index (Phi) is 5.38. The molecule has 1 aromatic carbocycles. The Morgan fingerprint density at radius 3 is 2.30 bits per heavy atom. The van der Waals surface area contributed by atoms with E-state index in [1.165, 1.54) is 18.5 Å². The van der Waals surface area contributed by atoms with E-state index in [1.54, 1.807) is 19.1 Å². The number of aryl methyl sites for hydroxylation is 1. The Morgan fingerprint density at radius 1 is 1.09 bits per heavy atom. The van der Waals surface area contributed by atoms with E-state index in [9.17, 15) is 8.42 Å². The largest absolute Gasteiger partial charge is 0.494 e. The zero-order valence-corrected chi connectivity index (χ0v) is 14.1. The summed E-state index contributed by atoms with van der Waals surface area (Å²) in [7, 11) is -3.72. The van der Waals surface area contributed by atoms with Gasteiger partial charge >= 0.3 is 6.01 Å². The second-order valence-corrected chi connectivity index (χ2v) is 6.34. The van der Waals surface area contributed by atoms with Crippen molar-refractivity contribution in [3.63, 3.8) is 0 Å². The van der Waals surface area contributed by atoms with Gasteiger partial charge in [-0.3, -0.25) is 4.72 Å². The molecule has 0 saturated carbocycles. The summed E-state index contributed by atoms with van der Waals surface area (Å²) in [6.45, 7) is 6.45. The molecule has 0 atom stereocenters. The number of hydrogen-bond acceptors (Lipinski definition) is 6. The maximum absolute atomic E-state index is 12.4. The van der Waals surface area contributed by atoms with Crippen LogP contribution < -0.4 is 14.2 Å². The fraction of sp³-hybridized carbons (Fsp3) is 0.333. The van der Waals surface area contributed by atoms with Gasteiger partial charge in [0.2, 0.25) is 0 Å². The quantitative estimate of drug-likeness (QED) is 0.834. The van der Waals surface area contributed by atoms with E-state index in [1.807, 2.05) is 13.8 Å². The molecule has 7 nitrogen and oxygen atoms in total. The number of aromatic nitrogens is 2. The molecule has 23 heavy (non-hydrogen) atoms. The summed E-state index contributed by atoms with van der Waals surface area (Å²) in [6, 6.07) is 4.90. The third-order valence-corrected chi connectivity index (χ3v) is 4.29. The van der Waals surface area contributed by atoms with Crippen molar-refractivity contribution in [2.24, 2.45) is 0 Å². The number of sulfonamides is 1. The number of rotatable bonds is 7. The van der Waals surface area contributed by atoms with Crippen LogP contribution in [-0.2, 0) is 10.0 Å². The molecule has 0 radical (unpaired) electrons. The first-order valence-electron chi connectivity index (χ1n) is 7.17. The van der Waals surface area contributed by atoms with Crippen LogP contribution in [0.25, 0.3) is 0 Å². The fourth-order valence-electron chi connectivity index (χ4n) is 1.89. The molecule has 0 aliphatic carbocycles. The molecule has 0 bridgehead atoms. The standard InChI is InChI=1S/C15H19N3O4S/c1-4-21-14-7-6-13(8-11(14)3)23(19,20)18-12-9-16-15(17-10-12)22-5-2/h6-10,18H,4-5H2,1-3H3. The number of anilines is 1. The van der Waals surface area contributed by atoms with Gasteiger partial charge in [0.1, 0.15) is 5.75 Å². The van der Waals surface area contributed by atoms with Gasteiger partial charge in [-0.05, 0) is 44.5 Å². The van der Waals surface area contributed by atoms with Gasteiger partial charge in [-0.2, -0.15) is 0 Å². The van der Waals surface area contributed by atoms with Crippen LogP contribution in [0.5, 0.6) is 11.8 Å². The highest BCUT2D eigenvalue weighted by molar-refractivity contribution is 7.92. The lowest BCUT2D eigenvalue weighted by Gasteiger charge is -2.11. The summed E-state index contributed by atoms with van der Waals surface area (Å²) in [5.41, 5.74) is 1.01. The Hall–Kier alpha value is -2.35. The van der Waals surface area contributed by atoms with Crippen molar-refractivity contribution in [1.29, 1.82) is 0 Å². The third-order valence-electron chi connectivity index (χ3n) is 2.91. The van der Waals surface area contributed by atoms with E-state index < -0.39 is 10.0 Å². The van der Waals surface area contributed by atoms with Crippen LogP contribution >= 0.6 is 0 Å². The lowest BCUT2D eigenvalue weighted by atomic mass is 10.2. The smallest absolute Gasteiger partial charge is 0.316 e. The molecule has 0 amide bonds. The lowest BCUT2D eigenvalue weighted by Crippen LogP contribution is -2.14. The molecule has 2 aromatic rings. The van der Waals surface area contributed by atoms with Crippen LogP contribution in [0.15, 0.2) is 35.5 Å². The fourth-order valence-corrected chi connectivity index (χ4v) is 3.01. The van der Waals surface area contributed by atoms with E-state index in [2.05, 4.69) is 14.7 Å². The van der Waals surface area contributed by atoms with E-state index in [0.29, 0.717) is 19.0 Å². The molecule has 0 fully saturated rings. The van der Waals surface area contributed by atoms with Crippen LogP contribution in [0, 0.1) is 6.92 Å². The summed E-state index contributed by atoms with van der Waals surface area (Å²) >= 11 is 0. The topological polar surface area (TPSA) is 90.4 Å². The predicted octanol–water partition coefficient (Wildman–Crippen LogP) is 2.38. The van der Waals surface area contributed by atoms with Gasteiger partial charge in [0.15, 0.2) is 0 Å². The van der Waals surface area contributed by atoms with Crippen LogP contribution in [0.4, 0.5) is 5.69 Å². The highest BCUT2D eigenvalue weighted by Crippen LogP contribution is 2.23. The van der Waals surface area contributed by atoms with Crippen LogP contribution in [-0.4, -0.2) is 31.6 Å². The van der Waals surface area contributed by atoms with Gasteiger partial charge in [-0.15, -0.1) is 0 Å². The lowest BCUT2D eigenvalue weighted by molar-refractivity contribution is 0.312. The zero-order valence-electron chi connectivity index (χ0n) is 13.2. The van der Waals surface area contributed by atoms with Crippen molar-refractivity contribution < 1.29 is 17.9 Å². The first-order chi connectivity index (χ1) is 11.0. The van der Waals surface area contributed by atoms with E-state index in [-0.39, 0.29) is 16.6 Å². The van der Waals surface area contributed by atoms with Gasteiger partial charge in [0.05, 0.1) is 36.2 Å². The summed E-state index contributed by atoms with van der Waals surface area (Å²) in [4.78, 5) is 7.99. The van der Waals surface area contributed by atoms with Crippen LogP contribution in [0.1, 0.15) is 19.4 Å². The molecule has 0 aliphatic rings. The Morgan fingerprint density at radius 2 is 1.74 bits per heavy atom. The first kappa shape index (κ1) is 17.0. The number of nitrogens with one attached hydrogen (secondary N) is 1. The van der Waals surface area contributed by atoms with Crippen molar-refractivity contribution in [2.75, 3.05) is 17.9 Å². The van der Waals surface area contributed by atoms with Crippen molar-refractivity contribution in [3.05, 3.63) is 36.2 Å². The maximum Gasteiger partial charge on any atom is 0.316 e. The zero-order chi connectivity index (χ0) is 16.9. The van der Waals surface area contributed by atoms with Crippen molar-refractivity contribution in [2.45, 2.75) is 25.7 Å². The molecule has 1 aromatic heterocycles. The minimum atomic E-state index is -3.72. The molecule has 0 aliphatic heterocycles. The number of benzene rings is 1. The Labute approximate surface area is 135 Å². The van der Waals surface area contributed by atoms with Gasteiger partial charge < -0.3 is 9.47 Å². The molecular formula is C15H19N3O4S. The summed E-state index contributed by atoms with van der Waals surface area (Å²) in [6.07, 6.45) is 2.72. The monoisotopic (exact) mass is 337 g/mol. The maximum atomic E-state index is 12.4. The second kappa shape index (κ2) is 7.28. The normalized spacial score (nSPS) is 11.1. The van der Waals surface area contributed by atoms with Gasteiger partial charge in [0.25, 0.3) is 10.0 Å². The van der Waals surface area contributed by atoms with E-state index in [0.717, 1.165) is 5.56 Å². The highest BCUT2D eigenvalue weighted by Gasteiger charge is 2.16. The molecule has 0 unspecified atom stereocenters. The number of hydrogen-bond donors (Lipinski definition) is 1. The average Bonchev–Trinajstić information content (AvgIpc) is 2.51. The van der Waals surface area contributed by atoms with E-state index >= 15 is 0 Å². The first-order valence-corrected chi connectivity index (χ1v) is 8.65. The Bertz CT molecular complexity index is 761. The van der Waals surface area contributed by atoms with E-state index in [4.69, 9.17) is 9.47 Å². The van der Waals surface area contributed by atoms with Crippen molar-refractivity contribution in [3.8, 4) is 11.8 Å². The van der Waals surface area contributed by atoms with Crippen molar-refractivity contribution >= 4 is 15.7 Å². The van der Waals surface area contributed by atoms with Crippen molar-refractivity contribution in [1.82, 2.24) is 9.97 Å². The second-order valence-electron chi connectivity index (χ2n) is 4.65. The predicted molar refractivity (Wildman–Crippen MR) is 86.4 cm³/mol. The molecule has 8 heteroatoms. The average molecular weight is 337 g/mol. The summed E-state index contributed by atoms with van der Waals surface area (Å²) < 4.78 is 37.7. The van der Waals surface area contributed by atoms with Gasteiger partial charge in [0, 0.05) is 0 Å². The molecule has 0 spiro atoms. The molecular weight excluding hydrogens is 318 g/mol. The molecule has 1 heterocycles. The minimum Gasteiger partial charge on any atom is -0.494 e. The third kappa shape index (κ3) is 4.32. The molecule has 2 rings (SSSR count). The summed E-state index contributed by atoms with van der Waals surface area (Å²) in [5.74, 6) is 0.663. The molecule has 1 N–H and O–H groups in total. The van der Waals surface area contributed by atoms with Gasteiger partial charge in [-0.1, -0.05) is 0 Å². The highest BCUT2D eigenvalue weighted by atomic mass is 32.2. The number of nitrogens with zero attached hydrogens (tertiary/aromatic N) is 2. The van der Waals surface area contributed by atoms with Crippen LogP contribution in [0.3, 0.4) is 0 Å². The number of ether oxygens (including phenoxy) is 2. The summed E-state index contributed by atoms with van der Waals surface area (Å²) in [5, 5.41) is 0. The SMILES string of the molecule is CCOc1ncc(NS(=O)(=O)c2ccc(OCC)c(C)c2)cn1. The van der Waals surface area contributed by atoms with Gasteiger partial charge in [-0.25, -0.2) is 18.4 Å². The van der Waals surface area contributed by atoms with Crippen LogP contribution in [0.2, 0.25) is 0 Å². The molecule has 124 valence electrons. The Balaban J connectivity index is 2.19.